The average Bonchev–Trinajstić information content (AvgIpc) is 2.37. The van der Waals surface area contributed by atoms with Crippen LogP contribution in [0.2, 0.25) is 5.02 Å². The van der Waals surface area contributed by atoms with E-state index in [0.29, 0.717) is 11.1 Å². The quantitative estimate of drug-likeness (QED) is 0.902. The Labute approximate surface area is 113 Å². The second kappa shape index (κ2) is 6.39. The molecule has 1 aromatic rings. The van der Waals surface area contributed by atoms with Gasteiger partial charge in [-0.05, 0) is 44.0 Å². The standard InChI is InChI=1S/C14H20ClFN2/c1-2-7-17-12-5-8-18(9-6-12)14-4-3-11(16)10-13(14)15/h3-4,10,12,17H,2,5-9H2,1H3. The van der Waals surface area contributed by atoms with Crippen molar-refractivity contribution in [3.8, 4) is 0 Å². The van der Waals surface area contributed by atoms with E-state index < -0.39 is 0 Å². The fourth-order valence-electron chi connectivity index (χ4n) is 2.41. The monoisotopic (exact) mass is 270 g/mol. The fourth-order valence-corrected chi connectivity index (χ4v) is 2.70. The molecule has 18 heavy (non-hydrogen) atoms. The van der Waals surface area contributed by atoms with Crippen molar-refractivity contribution in [2.45, 2.75) is 32.2 Å². The van der Waals surface area contributed by atoms with Gasteiger partial charge in [-0.3, -0.25) is 0 Å². The average molecular weight is 271 g/mol. The van der Waals surface area contributed by atoms with Crippen LogP contribution in [0.15, 0.2) is 18.2 Å². The van der Waals surface area contributed by atoms with Gasteiger partial charge >= 0.3 is 0 Å². The van der Waals surface area contributed by atoms with Crippen LogP contribution >= 0.6 is 11.6 Å². The predicted octanol–water partition coefficient (Wildman–Crippen LogP) is 3.45. The largest absolute Gasteiger partial charge is 0.370 e. The zero-order valence-corrected chi connectivity index (χ0v) is 11.5. The Morgan fingerprint density at radius 1 is 1.39 bits per heavy atom. The first-order chi connectivity index (χ1) is 8.70. The Kier molecular flexibility index (Phi) is 4.84. The third-order valence-corrected chi connectivity index (χ3v) is 3.73. The predicted molar refractivity (Wildman–Crippen MR) is 74.9 cm³/mol. The minimum Gasteiger partial charge on any atom is -0.370 e. The maximum absolute atomic E-state index is 13.0. The Hall–Kier alpha value is -0.800. The van der Waals surface area contributed by atoms with E-state index in [1.165, 1.54) is 18.6 Å². The maximum Gasteiger partial charge on any atom is 0.124 e. The molecule has 0 atom stereocenters. The van der Waals surface area contributed by atoms with Crippen molar-refractivity contribution in [1.82, 2.24) is 5.32 Å². The second-order valence-corrected chi connectivity index (χ2v) is 5.22. The molecule has 1 fully saturated rings. The van der Waals surface area contributed by atoms with Gasteiger partial charge in [0.1, 0.15) is 5.82 Å². The van der Waals surface area contributed by atoms with E-state index in [4.69, 9.17) is 11.6 Å². The smallest absolute Gasteiger partial charge is 0.124 e. The van der Waals surface area contributed by atoms with Crippen LogP contribution in [0.3, 0.4) is 0 Å². The summed E-state index contributed by atoms with van der Waals surface area (Å²) in [6, 6.07) is 5.25. The molecule has 1 N–H and O–H groups in total. The topological polar surface area (TPSA) is 15.3 Å². The number of piperidine rings is 1. The van der Waals surface area contributed by atoms with Crippen LogP contribution in [0.1, 0.15) is 26.2 Å². The van der Waals surface area contributed by atoms with Crippen molar-refractivity contribution in [2.75, 3.05) is 24.5 Å². The summed E-state index contributed by atoms with van der Waals surface area (Å²) in [5.41, 5.74) is 0.951. The Morgan fingerprint density at radius 2 is 2.11 bits per heavy atom. The Bertz CT molecular complexity index is 389. The first-order valence-electron chi connectivity index (χ1n) is 6.64. The Balaban J connectivity index is 1.93. The molecule has 0 aliphatic carbocycles. The van der Waals surface area contributed by atoms with Gasteiger partial charge in [0, 0.05) is 19.1 Å². The second-order valence-electron chi connectivity index (χ2n) is 4.81. The highest BCUT2D eigenvalue weighted by Gasteiger charge is 2.20. The molecule has 2 nitrogen and oxygen atoms in total. The van der Waals surface area contributed by atoms with E-state index in [-0.39, 0.29) is 5.82 Å². The summed E-state index contributed by atoms with van der Waals surface area (Å²) in [5.74, 6) is -0.275. The zero-order valence-electron chi connectivity index (χ0n) is 10.8. The van der Waals surface area contributed by atoms with Crippen LogP contribution in [0.25, 0.3) is 0 Å². The number of nitrogens with zero attached hydrogens (tertiary/aromatic N) is 1. The minimum absolute atomic E-state index is 0.275. The number of nitrogens with one attached hydrogen (secondary N) is 1. The van der Waals surface area contributed by atoms with Crippen molar-refractivity contribution >= 4 is 17.3 Å². The number of benzene rings is 1. The summed E-state index contributed by atoms with van der Waals surface area (Å²) in [7, 11) is 0. The SMILES string of the molecule is CCCNC1CCN(c2ccc(F)cc2Cl)CC1. The lowest BCUT2D eigenvalue weighted by molar-refractivity contribution is 0.416. The third kappa shape index (κ3) is 3.36. The van der Waals surface area contributed by atoms with Crippen molar-refractivity contribution < 1.29 is 4.39 Å². The van der Waals surface area contributed by atoms with Gasteiger partial charge in [0.05, 0.1) is 10.7 Å². The van der Waals surface area contributed by atoms with Crippen LogP contribution < -0.4 is 10.2 Å². The van der Waals surface area contributed by atoms with Gasteiger partial charge < -0.3 is 10.2 Å². The molecule has 1 aliphatic rings. The summed E-state index contributed by atoms with van der Waals surface area (Å²) in [6.07, 6.45) is 3.41. The lowest BCUT2D eigenvalue weighted by Gasteiger charge is -2.34. The van der Waals surface area contributed by atoms with Crippen LogP contribution in [-0.2, 0) is 0 Å². The maximum atomic E-state index is 13.0. The van der Waals surface area contributed by atoms with Gasteiger partial charge in [-0.25, -0.2) is 4.39 Å². The number of rotatable bonds is 4. The first kappa shape index (κ1) is 13.6. The number of hydrogen-bond acceptors (Lipinski definition) is 2. The number of hydrogen-bond donors (Lipinski definition) is 1. The molecule has 1 saturated heterocycles. The van der Waals surface area contributed by atoms with E-state index in [0.717, 1.165) is 38.2 Å². The van der Waals surface area contributed by atoms with Gasteiger partial charge in [-0.15, -0.1) is 0 Å². The highest BCUT2D eigenvalue weighted by molar-refractivity contribution is 6.33. The van der Waals surface area contributed by atoms with E-state index in [9.17, 15) is 4.39 Å². The summed E-state index contributed by atoms with van der Waals surface area (Å²) < 4.78 is 13.0. The molecule has 0 unspecified atom stereocenters. The number of halogens is 2. The van der Waals surface area contributed by atoms with Gasteiger partial charge in [0.25, 0.3) is 0 Å². The van der Waals surface area contributed by atoms with Gasteiger partial charge in [0.15, 0.2) is 0 Å². The van der Waals surface area contributed by atoms with Gasteiger partial charge in [-0.1, -0.05) is 18.5 Å². The Morgan fingerprint density at radius 3 is 2.72 bits per heavy atom. The molecule has 0 radical (unpaired) electrons. The summed E-state index contributed by atoms with van der Waals surface area (Å²) >= 11 is 6.09. The molecule has 1 aromatic carbocycles. The van der Waals surface area contributed by atoms with E-state index >= 15 is 0 Å². The third-order valence-electron chi connectivity index (χ3n) is 3.43. The molecule has 0 bridgehead atoms. The van der Waals surface area contributed by atoms with Crippen LogP contribution in [-0.4, -0.2) is 25.7 Å². The molecule has 1 aliphatic heterocycles. The molecule has 0 amide bonds. The lowest BCUT2D eigenvalue weighted by Crippen LogP contribution is -2.42. The summed E-state index contributed by atoms with van der Waals surface area (Å²) in [4.78, 5) is 2.24. The van der Waals surface area contributed by atoms with E-state index in [1.54, 1.807) is 6.07 Å². The van der Waals surface area contributed by atoms with E-state index in [1.807, 2.05) is 0 Å². The van der Waals surface area contributed by atoms with Crippen LogP contribution in [0.4, 0.5) is 10.1 Å². The molecule has 0 saturated carbocycles. The summed E-state index contributed by atoms with van der Waals surface area (Å²) in [5, 5.41) is 4.06. The molecular formula is C14H20ClFN2. The van der Waals surface area contributed by atoms with Gasteiger partial charge in [-0.2, -0.15) is 0 Å². The van der Waals surface area contributed by atoms with Crippen molar-refractivity contribution in [2.24, 2.45) is 0 Å². The molecule has 1 heterocycles. The fraction of sp³-hybridized carbons (Fsp3) is 0.571. The van der Waals surface area contributed by atoms with Gasteiger partial charge in [0.2, 0.25) is 0 Å². The first-order valence-corrected chi connectivity index (χ1v) is 7.02. The summed E-state index contributed by atoms with van der Waals surface area (Å²) in [6.45, 7) is 5.22. The molecule has 4 heteroatoms. The molecule has 2 rings (SSSR count). The van der Waals surface area contributed by atoms with Crippen molar-refractivity contribution in [3.05, 3.63) is 29.0 Å². The number of anilines is 1. The molecular weight excluding hydrogens is 251 g/mol. The molecule has 100 valence electrons. The van der Waals surface area contributed by atoms with Crippen molar-refractivity contribution in [3.63, 3.8) is 0 Å². The highest BCUT2D eigenvalue weighted by Crippen LogP contribution is 2.28. The van der Waals surface area contributed by atoms with E-state index in [2.05, 4.69) is 17.1 Å². The highest BCUT2D eigenvalue weighted by atomic mass is 35.5. The molecule has 0 aromatic heterocycles. The zero-order chi connectivity index (χ0) is 13.0. The minimum atomic E-state index is -0.275. The lowest BCUT2D eigenvalue weighted by atomic mass is 10.0. The van der Waals surface area contributed by atoms with Crippen molar-refractivity contribution in [1.29, 1.82) is 0 Å². The normalized spacial score (nSPS) is 17.2. The van der Waals surface area contributed by atoms with Crippen LogP contribution in [0, 0.1) is 5.82 Å². The van der Waals surface area contributed by atoms with Crippen LogP contribution in [0.5, 0.6) is 0 Å². The molecule has 0 spiro atoms.